The zero-order valence-electron chi connectivity index (χ0n) is 14.6. The summed E-state index contributed by atoms with van der Waals surface area (Å²) in [5.41, 5.74) is 3.47. The lowest BCUT2D eigenvalue weighted by atomic mass is 10.2. The van der Waals surface area contributed by atoms with Crippen molar-refractivity contribution in [3.8, 4) is 0 Å². The fourth-order valence-corrected chi connectivity index (χ4v) is 3.33. The molecule has 0 fully saturated rings. The van der Waals surface area contributed by atoms with Gasteiger partial charge in [0, 0.05) is 36.1 Å². The lowest BCUT2D eigenvalue weighted by Gasteiger charge is -2.12. The number of amides is 1. The molecule has 2 rings (SSSR count). The standard InChI is InChI=1S/C16H23N5O2S/c1-6-21-11(4)13(10(3)20-21)8-17-15(23)12(5)24-16-18-9(2)7-14(22)19-16/h7,12H,6,8H2,1-5H3,(H,17,23)(H,18,19,22)/t12-/m1/s1. The van der Waals surface area contributed by atoms with Crippen LogP contribution in [-0.2, 0) is 17.9 Å². The first-order chi connectivity index (χ1) is 11.3. The Balaban J connectivity index is 1.99. The molecule has 0 saturated heterocycles. The van der Waals surface area contributed by atoms with Crippen LogP contribution in [0.3, 0.4) is 0 Å². The Hall–Kier alpha value is -2.09. The highest BCUT2D eigenvalue weighted by molar-refractivity contribution is 8.00. The van der Waals surface area contributed by atoms with Gasteiger partial charge in [0.2, 0.25) is 5.91 Å². The van der Waals surface area contributed by atoms with Crippen LogP contribution in [0.2, 0.25) is 0 Å². The molecular weight excluding hydrogens is 326 g/mol. The van der Waals surface area contributed by atoms with Crippen molar-refractivity contribution in [2.75, 3.05) is 0 Å². The van der Waals surface area contributed by atoms with Gasteiger partial charge in [0.15, 0.2) is 5.16 Å². The molecule has 1 atom stereocenters. The molecular formula is C16H23N5O2S. The van der Waals surface area contributed by atoms with Crippen LogP contribution in [0.4, 0.5) is 0 Å². The van der Waals surface area contributed by atoms with E-state index in [2.05, 4.69) is 20.4 Å². The van der Waals surface area contributed by atoms with Gasteiger partial charge in [-0.05, 0) is 34.6 Å². The number of aryl methyl sites for hydroxylation is 3. The van der Waals surface area contributed by atoms with Gasteiger partial charge in [-0.1, -0.05) is 11.8 Å². The van der Waals surface area contributed by atoms with Crippen LogP contribution in [0.1, 0.15) is 36.5 Å². The second-order valence-corrected chi connectivity index (χ2v) is 6.96. The average molecular weight is 349 g/mol. The van der Waals surface area contributed by atoms with Crippen molar-refractivity contribution in [1.29, 1.82) is 0 Å². The van der Waals surface area contributed by atoms with E-state index in [4.69, 9.17) is 0 Å². The Bertz CT molecular complexity index is 796. The third-order valence-electron chi connectivity index (χ3n) is 3.78. The molecule has 0 spiro atoms. The van der Waals surface area contributed by atoms with Crippen LogP contribution in [-0.4, -0.2) is 30.9 Å². The van der Waals surface area contributed by atoms with Crippen molar-refractivity contribution in [1.82, 2.24) is 25.1 Å². The van der Waals surface area contributed by atoms with E-state index in [-0.39, 0.29) is 16.7 Å². The van der Waals surface area contributed by atoms with Gasteiger partial charge < -0.3 is 10.3 Å². The fraction of sp³-hybridized carbons (Fsp3) is 0.500. The number of carbonyl (C=O) groups excluding carboxylic acids is 1. The predicted molar refractivity (Wildman–Crippen MR) is 94.1 cm³/mol. The normalized spacial score (nSPS) is 12.2. The van der Waals surface area contributed by atoms with E-state index in [0.717, 1.165) is 23.5 Å². The summed E-state index contributed by atoms with van der Waals surface area (Å²) in [5, 5.41) is 7.47. The number of hydrogen-bond acceptors (Lipinski definition) is 5. The molecule has 24 heavy (non-hydrogen) atoms. The second kappa shape index (κ2) is 7.65. The molecule has 1 amide bonds. The van der Waals surface area contributed by atoms with Crippen molar-refractivity contribution in [3.63, 3.8) is 0 Å². The number of rotatable bonds is 6. The average Bonchev–Trinajstić information content (AvgIpc) is 2.77. The van der Waals surface area contributed by atoms with E-state index in [0.29, 0.717) is 17.4 Å². The highest BCUT2D eigenvalue weighted by Gasteiger charge is 2.17. The number of thioether (sulfide) groups is 1. The Labute approximate surface area is 145 Å². The molecule has 7 nitrogen and oxygen atoms in total. The molecule has 2 heterocycles. The van der Waals surface area contributed by atoms with Crippen molar-refractivity contribution >= 4 is 17.7 Å². The molecule has 0 aliphatic rings. The Kier molecular flexibility index (Phi) is 5.82. The molecule has 0 aliphatic heterocycles. The van der Waals surface area contributed by atoms with Gasteiger partial charge in [-0.25, -0.2) is 4.98 Å². The highest BCUT2D eigenvalue weighted by Crippen LogP contribution is 2.19. The molecule has 0 saturated carbocycles. The molecule has 130 valence electrons. The van der Waals surface area contributed by atoms with E-state index < -0.39 is 0 Å². The summed E-state index contributed by atoms with van der Waals surface area (Å²) >= 11 is 1.23. The number of hydrogen-bond donors (Lipinski definition) is 2. The van der Waals surface area contributed by atoms with E-state index >= 15 is 0 Å². The minimum absolute atomic E-state index is 0.104. The maximum Gasteiger partial charge on any atom is 0.251 e. The van der Waals surface area contributed by atoms with Gasteiger partial charge in [-0.2, -0.15) is 5.10 Å². The monoisotopic (exact) mass is 349 g/mol. The fourth-order valence-electron chi connectivity index (χ4n) is 2.45. The van der Waals surface area contributed by atoms with Gasteiger partial charge in [-0.15, -0.1) is 0 Å². The Morgan fingerprint density at radius 2 is 2.12 bits per heavy atom. The number of aromatic amines is 1. The third-order valence-corrected chi connectivity index (χ3v) is 4.76. The molecule has 0 radical (unpaired) electrons. The largest absolute Gasteiger partial charge is 0.351 e. The number of aromatic nitrogens is 4. The number of H-pyrrole nitrogens is 1. The summed E-state index contributed by atoms with van der Waals surface area (Å²) in [7, 11) is 0. The molecule has 0 unspecified atom stereocenters. The molecule has 2 aromatic heterocycles. The van der Waals surface area contributed by atoms with E-state index in [1.807, 2.05) is 25.5 Å². The van der Waals surface area contributed by atoms with Crippen LogP contribution in [0.5, 0.6) is 0 Å². The van der Waals surface area contributed by atoms with Crippen LogP contribution in [0.25, 0.3) is 0 Å². The molecule has 0 aliphatic carbocycles. The topological polar surface area (TPSA) is 92.7 Å². The summed E-state index contributed by atoms with van der Waals surface area (Å²) in [6.45, 7) is 10.8. The van der Waals surface area contributed by atoms with Crippen LogP contribution in [0.15, 0.2) is 16.0 Å². The summed E-state index contributed by atoms with van der Waals surface area (Å²) in [4.78, 5) is 30.6. The minimum Gasteiger partial charge on any atom is -0.351 e. The summed E-state index contributed by atoms with van der Waals surface area (Å²) < 4.78 is 1.93. The molecule has 2 N–H and O–H groups in total. The third kappa shape index (κ3) is 4.25. The Morgan fingerprint density at radius 3 is 2.71 bits per heavy atom. The van der Waals surface area contributed by atoms with E-state index in [1.165, 1.54) is 17.8 Å². The van der Waals surface area contributed by atoms with Gasteiger partial charge in [0.25, 0.3) is 5.56 Å². The van der Waals surface area contributed by atoms with E-state index in [1.54, 1.807) is 13.8 Å². The van der Waals surface area contributed by atoms with Gasteiger partial charge in [0.05, 0.1) is 10.9 Å². The summed E-state index contributed by atoms with van der Waals surface area (Å²) in [5.74, 6) is -0.104. The number of nitrogens with one attached hydrogen (secondary N) is 2. The second-order valence-electron chi connectivity index (χ2n) is 5.63. The van der Waals surface area contributed by atoms with Gasteiger partial charge in [-0.3, -0.25) is 14.3 Å². The van der Waals surface area contributed by atoms with Gasteiger partial charge >= 0.3 is 0 Å². The first-order valence-corrected chi connectivity index (χ1v) is 8.75. The van der Waals surface area contributed by atoms with Gasteiger partial charge in [0.1, 0.15) is 0 Å². The maximum atomic E-state index is 12.3. The van der Waals surface area contributed by atoms with Crippen molar-refractivity contribution in [3.05, 3.63) is 39.1 Å². The predicted octanol–water partition coefficient (Wildman–Crippen LogP) is 1.71. The molecule has 0 aromatic carbocycles. The SMILES string of the molecule is CCn1nc(C)c(CNC(=O)[C@@H](C)Sc2nc(C)cc(=O)[nH]2)c1C. The molecule has 0 bridgehead atoms. The van der Waals surface area contributed by atoms with Crippen molar-refractivity contribution in [2.24, 2.45) is 0 Å². The lowest BCUT2D eigenvalue weighted by Crippen LogP contribution is -2.31. The zero-order chi connectivity index (χ0) is 17.9. The van der Waals surface area contributed by atoms with Crippen LogP contribution < -0.4 is 10.9 Å². The highest BCUT2D eigenvalue weighted by atomic mass is 32.2. The quantitative estimate of drug-likeness (QED) is 0.612. The Morgan fingerprint density at radius 1 is 1.42 bits per heavy atom. The molecule has 2 aromatic rings. The first-order valence-electron chi connectivity index (χ1n) is 7.87. The summed E-state index contributed by atoms with van der Waals surface area (Å²) in [6, 6.07) is 1.42. The number of carbonyl (C=O) groups is 1. The van der Waals surface area contributed by atoms with E-state index in [9.17, 15) is 9.59 Å². The zero-order valence-corrected chi connectivity index (χ0v) is 15.5. The minimum atomic E-state index is -0.364. The van der Waals surface area contributed by atoms with Crippen LogP contribution >= 0.6 is 11.8 Å². The maximum absolute atomic E-state index is 12.3. The van der Waals surface area contributed by atoms with Crippen LogP contribution in [0, 0.1) is 20.8 Å². The number of nitrogens with zero attached hydrogens (tertiary/aromatic N) is 3. The summed E-state index contributed by atoms with van der Waals surface area (Å²) in [6.07, 6.45) is 0. The first kappa shape index (κ1) is 18.3. The van der Waals surface area contributed by atoms with Crippen molar-refractivity contribution in [2.45, 2.75) is 58.1 Å². The molecule has 8 heteroatoms. The van der Waals surface area contributed by atoms with Crippen molar-refractivity contribution < 1.29 is 4.79 Å². The smallest absolute Gasteiger partial charge is 0.251 e. The lowest BCUT2D eigenvalue weighted by molar-refractivity contribution is -0.120.